The number of imide groups is 1. The molecule has 1 fully saturated rings. The summed E-state index contributed by atoms with van der Waals surface area (Å²) in [6, 6.07) is 9.51. The SMILES string of the molecule is COc1ccc(NC(=O)CN2N=N[C@H]3C(=O)N(c4ccc(OC)c(OC)c4)C(=O)[C@@H]32)cc1. The van der Waals surface area contributed by atoms with Crippen molar-refractivity contribution in [1.82, 2.24) is 5.01 Å². The molecule has 2 aromatic rings. The molecule has 1 saturated heterocycles. The number of nitrogens with zero attached hydrogens (tertiary/aromatic N) is 4. The summed E-state index contributed by atoms with van der Waals surface area (Å²) in [5, 5.41) is 11.8. The summed E-state index contributed by atoms with van der Waals surface area (Å²) < 4.78 is 15.5. The van der Waals surface area contributed by atoms with Crippen molar-refractivity contribution < 1.29 is 28.6 Å². The van der Waals surface area contributed by atoms with Gasteiger partial charge in [-0.05, 0) is 36.4 Å². The molecular weight excluding hydrogens is 418 g/mol. The zero-order valence-electron chi connectivity index (χ0n) is 17.6. The van der Waals surface area contributed by atoms with Gasteiger partial charge >= 0.3 is 0 Å². The topological polar surface area (TPSA) is 122 Å². The first-order valence-electron chi connectivity index (χ1n) is 9.68. The Morgan fingerprint density at radius 3 is 2.34 bits per heavy atom. The van der Waals surface area contributed by atoms with Crippen LogP contribution in [0.4, 0.5) is 11.4 Å². The highest BCUT2D eigenvalue weighted by atomic mass is 16.5. The zero-order valence-corrected chi connectivity index (χ0v) is 17.6. The lowest BCUT2D eigenvalue weighted by Crippen LogP contribution is -2.43. The van der Waals surface area contributed by atoms with Crippen molar-refractivity contribution in [2.24, 2.45) is 10.3 Å². The second kappa shape index (κ2) is 8.53. The molecule has 0 radical (unpaired) electrons. The highest BCUT2D eigenvalue weighted by Gasteiger charge is 2.55. The van der Waals surface area contributed by atoms with Crippen LogP contribution in [0.3, 0.4) is 0 Å². The molecule has 0 aromatic heterocycles. The summed E-state index contributed by atoms with van der Waals surface area (Å²) in [4.78, 5) is 39.5. The number of nitrogens with one attached hydrogen (secondary N) is 1. The van der Waals surface area contributed by atoms with Crippen LogP contribution in [0.1, 0.15) is 0 Å². The van der Waals surface area contributed by atoms with Crippen LogP contribution in [0.25, 0.3) is 0 Å². The minimum absolute atomic E-state index is 0.241. The molecule has 0 bridgehead atoms. The van der Waals surface area contributed by atoms with Crippen molar-refractivity contribution in [2.45, 2.75) is 12.1 Å². The lowest BCUT2D eigenvalue weighted by molar-refractivity contribution is -0.123. The molecule has 166 valence electrons. The number of carbonyl (C=O) groups excluding carboxylic acids is 3. The standard InChI is InChI=1S/C21H21N5O6/c1-30-14-7-4-12(5-8-14)22-17(27)11-25-19-18(23-24-25)20(28)26(21(19)29)13-6-9-15(31-2)16(10-13)32-3/h4-10,18-19H,11H2,1-3H3,(H,22,27)/t18-,19-/m1/s1. The average molecular weight is 439 g/mol. The largest absolute Gasteiger partial charge is 0.497 e. The summed E-state index contributed by atoms with van der Waals surface area (Å²) in [5.41, 5.74) is 0.883. The first-order chi connectivity index (χ1) is 15.5. The molecule has 32 heavy (non-hydrogen) atoms. The maximum Gasteiger partial charge on any atom is 0.263 e. The Balaban J connectivity index is 1.48. The molecule has 2 aliphatic heterocycles. The Bertz CT molecular complexity index is 1090. The van der Waals surface area contributed by atoms with Crippen LogP contribution in [-0.4, -0.2) is 62.7 Å². The molecule has 4 rings (SSSR count). The Labute approximate surface area is 183 Å². The van der Waals surface area contributed by atoms with E-state index in [2.05, 4.69) is 15.7 Å². The van der Waals surface area contributed by atoms with E-state index in [9.17, 15) is 14.4 Å². The van der Waals surface area contributed by atoms with Gasteiger partial charge in [0.15, 0.2) is 23.6 Å². The average Bonchev–Trinajstić information content (AvgIpc) is 3.32. The lowest BCUT2D eigenvalue weighted by Gasteiger charge is -2.20. The van der Waals surface area contributed by atoms with Gasteiger partial charge in [-0.25, -0.2) is 4.90 Å². The lowest BCUT2D eigenvalue weighted by atomic mass is 10.1. The van der Waals surface area contributed by atoms with E-state index in [1.165, 1.54) is 25.3 Å². The Kier molecular flexibility index (Phi) is 5.63. The highest BCUT2D eigenvalue weighted by Crippen LogP contribution is 2.36. The quantitative estimate of drug-likeness (QED) is 0.651. The third-order valence-corrected chi connectivity index (χ3v) is 5.16. The van der Waals surface area contributed by atoms with Crippen molar-refractivity contribution in [3.63, 3.8) is 0 Å². The van der Waals surface area contributed by atoms with Crippen molar-refractivity contribution in [3.8, 4) is 17.2 Å². The van der Waals surface area contributed by atoms with Gasteiger partial charge in [0.2, 0.25) is 5.91 Å². The predicted molar refractivity (Wildman–Crippen MR) is 113 cm³/mol. The van der Waals surface area contributed by atoms with Gasteiger partial charge in [0.1, 0.15) is 12.3 Å². The van der Waals surface area contributed by atoms with Crippen LogP contribution < -0.4 is 24.4 Å². The van der Waals surface area contributed by atoms with E-state index in [0.29, 0.717) is 28.6 Å². The van der Waals surface area contributed by atoms with Crippen molar-refractivity contribution in [2.75, 3.05) is 38.1 Å². The molecule has 3 amide bonds. The van der Waals surface area contributed by atoms with Crippen LogP contribution in [0, 0.1) is 0 Å². The molecule has 0 unspecified atom stereocenters. The second-order valence-electron chi connectivity index (χ2n) is 7.02. The van der Waals surface area contributed by atoms with E-state index >= 15 is 0 Å². The summed E-state index contributed by atoms with van der Waals surface area (Å²) in [6.07, 6.45) is 0. The number of amides is 3. The molecular formula is C21H21N5O6. The minimum Gasteiger partial charge on any atom is -0.497 e. The third-order valence-electron chi connectivity index (χ3n) is 5.16. The van der Waals surface area contributed by atoms with Crippen LogP contribution in [-0.2, 0) is 14.4 Å². The first kappa shape index (κ1) is 21.1. The summed E-state index contributed by atoms with van der Waals surface area (Å²) in [7, 11) is 4.50. The highest BCUT2D eigenvalue weighted by molar-refractivity contribution is 6.25. The molecule has 11 heteroatoms. The number of methoxy groups -OCH3 is 3. The van der Waals surface area contributed by atoms with Crippen LogP contribution in [0.5, 0.6) is 17.2 Å². The maximum absolute atomic E-state index is 13.1. The minimum atomic E-state index is -1.01. The van der Waals surface area contributed by atoms with Gasteiger partial charge in [-0.15, -0.1) is 0 Å². The Morgan fingerprint density at radius 1 is 0.969 bits per heavy atom. The zero-order chi connectivity index (χ0) is 22.8. The maximum atomic E-state index is 13.1. The first-order valence-corrected chi connectivity index (χ1v) is 9.68. The van der Waals surface area contributed by atoms with Gasteiger partial charge < -0.3 is 19.5 Å². The van der Waals surface area contributed by atoms with E-state index in [0.717, 1.165) is 4.90 Å². The molecule has 0 spiro atoms. The van der Waals surface area contributed by atoms with Crippen LogP contribution >= 0.6 is 0 Å². The summed E-state index contributed by atoms with van der Waals surface area (Å²) in [5.74, 6) is 0.0552. The van der Waals surface area contributed by atoms with E-state index in [-0.39, 0.29) is 6.54 Å². The fourth-order valence-electron chi connectivity index (χ4n) is 3.59. The van der Waals surface area contributed by atoms with Gasteiger partial charge in [-0.2, -0.15) is 5.11 Å². The number of hydrogen-bond donors (Lipinski definition) is 1. The second-order valence-corrected chi connectivity index (χ2v) is 7.02. The van der Waals surface area contributed by atoms with Crippen molar-refractivity contribution >= 4 is 29.1 Å². The molecule has 1 N–H and O–H groups in total. The molecule has 2 atom stereocenters. The normalized spacial score (nSPS) is 19.2. The van der Waals surface area contributed by atoms with Crippen molar-refractivity contribution in [1.29, 1.82) is 0 Å². The number of hydrogen-bond acceptors (Lipinski definition) is 9. The molecule has 0 aliphatic carbocycles. The smallest absolute Gasteiger partial charge is 0.263 e. The van der Waals surface area contributed by atoms with Gasteiger partial charge in [-0.3, -0.25) is 19.4 Å². The number of benzene rings is 2. The molecule has 2 heterocycles. The van der Waals surface area contributed by atoms with Crippen LogP contribution in [0.15, 0.2) is 52.8 Å². The molecule has 2 aromatic carbocycles. The van der Waals surface area contributed by atoms with E-state index < -0.39 is 29.8 Å². The van der Waals surface area contributed by atoms with E-state index in [4.69, 9.17) is 14.2 Å². The number of rotatable bonds is 7. The van der Waals surface area contributed by atoms with Gasteiger partial charge in [0.05, 0.1) is 27.0 Å². The monoisotopic (exact) mass is 439 g/mol. The Hall–Kier alpha value is -4.15. The fourth-order valence-corrected chi connectivity index (χ4v) is 3.59. The molecule has 2 aliphatic rings. The number of anilines is 2. The molecule has 0 saturated carbocycles. The van der Waals surface area contributed by atoms with Gasteiger partial charge in [0, 0.05) is 11.8 Å². The molecule has 11 nitrogen and oxygen atoms in total. The van der Waals surface area contributed by atoms with Gasteiger partial charge in [-0.1, -0.05) is 5.22 Å². The van der Waals surface area contributed by atoms with Crippen molar-refractivity contribution in [3.05, 3.63) is 42.5 Å². The number of ether oxygens (including phenoxy) is 3. The Morgan fingerprint density at radius 2 is 1.69 bits per heavy atom. The number of carbonyl (C=O) groups is 3. The van der Waals surface area contributed by atoms with E-state index in [1.807, 2.05) is 0 Å². The third kappa shape index (κ3) is 3.68. The predicted octanol–water partition coefficient (Wildman–Crippen LogP) is 1.64. The number of fused-ring (bicyclic) bond motifs is 1. The summed E-state index contributed by atoms with van der Waals surface area (Å²) in [6.45, 7) is -0.241. The fraction of sp³-hybridized carbons (Fsp3) is 0.286. The summed E-state index contributed by atoms with van der Waals surface area (Å²) >= 11 is 0. The van der Waals surface area contributed by atoms with Crippen LogP contribution in [0.2, 0.25) is 0 Å². The van der Waals surface area contributed by atoms with E-state index in [1.54, 1.807) is 43.5 Å². The van der Waals surface area contributed by atoms with Gasteiger partial charge in [0.25, 0.3) is 11.8 Å².